The second-order valence-electron chi connectivity index (χ2n) is 15.9. The van der Waals surface area contributed by atoms with Gasteiger partial charge < -0.3 is 45.0 Å². The second-order valence-corrected chi connectivity index (χ2v) is 15.9. The van der Waals surface area contributed by atoms with Crippen molar-refractivity contribution in [1.29, 1.82) is 0 Å². The molecular weight excluding hydrogens is 789 g/mol. The number of carbonyl (C=O) groups excluding carboxylic acids is 4. The number of nitrogens with one attached hydrogen (secondary N) is 5. The number of methoxy groups -OCH3 is 2. The Balaban J connectivity index is 1.00. The molecule has 62 heavy (non-hydrogen) atoms. The van der Waals surface area contributed by atoms with Crippen molar-refractivity contribution in [1.82, 2.24) is 40.8 Å². The zero-order valence-corrected chi connectivity index (χ0v) is 35.2. The summed E-state index contributed by atoms with van der Waals surface area (Å²) in [4.78, 5) is 67.6. The quantitative estimate of drug-likeness (QED) is 0.0602. The van der Waals surface area contributed by atoms with Crippen LogP contribution in [-0.4, -0.2) is 88.2 Å². The van der Waals surface area contributed by atoms with Crippen LogP contribution in [0.5, 0.6) is 11.5 Å². The van der Waals surface area contributed by atoms with Crippen molar-refractivity contribution in [2.24, 2.45) is 0 Å². The van der Waals surface area contributed by atoms with Crippen molar-refractivity contribution < 1.29 is 33.4 Å². The number of benzene rings is 3. The average Bonchev–Trinajstić information content (AvgIpc) is 4.05. The normalized spacial score (nSPS) is 15.8. The van der Waals surface area contributed by atoms with Gasteiger partial charge in [-0.1, -0.05) is 32.0 Å². The third-order valence-electron chi connectivity index (χ3n) is 11.5. The highest BCUT2D eigenvalue weighted by molar-refractivity contribution is 5.87. The van der Waals surface area contributed by atoms with Crippen LogP contribution in [0.1, 0.15) is 81.2 Å². The minimum Gasteiger partial charge on any atom is -0.457 e. The van der Waals surface area contributed by atoms with Crippen LogP contribution in [0.25, 0.3) is 33.4 Å². The number of aromatic nitrogens is 4. The molecule has 1 fully saturated rings. The number of H-pyrrole nitrogens is 2. The summed E-state index contributed by atoms with van der Waals surface area (Å²) in [6, 6.07) is 16.6. The van der Waals surface area contributed by atoms with Gasteiger partial charge in [0.1, 0.15) is 35.2 Å². The molecule has 320 valence electrons. The summed E-state index contributed by atoms with van der Waals surface area (Å²) in [7, 11) is 2.47. The molecule has 4 amide bonds. The van der Waals surface area contributed by atoms with E-state index in [0.717, 1.165) is 81.1 Å². The van der Waals surface area contributed by atoms with Gasteiger partial charge in [-0.3, -0.25) is 9.59 Å². The van der Waals surface area contributed by atoms with Crippen molar-refractivity contribution in [3.8, 4) is 58.6 Å². The highest BCUT2D eigenvalue weighted by Crippen LogP contribution is 2.50. The van der Waals surface area contributed by atoms with Gasteiger partial charge in [-0.2, -0.15) is 0 Å². The molecule has 5 aromatic rings. The fourth-order valence-corrected chi connectivity index (χ4v) is 8.17. The summed E-state index contributed by atoms with van der Waals surface area (Å²) in [5.41, 5.74) is 7.27. The van der Waals surface area contributed by atoms with Crippen molar-refractivity contribution in [2.75, 3.05) is 27.3 Å². The lowest BCUT2D eigenvalue weighted by Crippen LogP contribution is -2.48. The van der Waals surface area contributed by atoms with Gasteiger partial charge in [-0.25, -0.2) is 19.6 Å². The maximum absolute atomic E-state index is 13.5. The van der Waals surface area contributed by atoms with Crippen molar-refractivity contribution in [2.45, 2.75) is 82.3 Å². The topological polar surface area (TPSA) is 193 Å². The first-order chi connectivity index (χ1) is 29.9. The Morgan fingerprint density at radius 3 is 2.35 bits per heavy atom. The lowest BCUT2D eigenvalue weighted by molar-refractivity contribution is -0.134. The maximum atomic E-state index is 13.5. The van der Waals surface area contributed by atoms with Crippen LogP contribution >= 0.6 is 0 Å². The van der Waals surface area contributed by atoms with Crippen LogP contribution in [0.15, 0.2) is 60.8 Å². The summed E-state index contributed by atoms with van der Waals surface area (Å²) >= 11 is 0. The number of likely N-dealkylation sites (tertiary alicyclic amines) is 1. The number of aryl methyl sites for hydroxylation is 1. The van der Waals surface area contributed by atoms with Crippen molar-refractivity contribution >= 4 is 35.0 Å². The fraction of sp³-hybridized carbons (Fsp3) is 0.362. The van der Waals surface area contributed by atoms with Gasteiger partial charge in [0.05, 0.1) is 43.2 Å². The number of hydrogen-bond donors (Lipinski definition) is 5. The summed E-state index contributed by atoms with van der Waals surface area (Å²) in [6.45, 7) is 5.34. The number of fused-ring (bicyclic) bond motifs is 3. The van der Waals surface area contributed by atoms with Gasteiger partial charge in [0, 0.05) is 54.5 Å². The van der Waals surface area contributed by atoms with Crippen LogP contribution in [0.2, 0.25) is 0 Å². The van der Waals surface area contributed by atoms with Crippen LogP contribution in [0.3, 0.4) is 0 Å². The fourth-order valence-electron chi connectivity index (χ4n) is 8.17. The van der Waals surface area contributed by atoms with Gasteiger partial charge in [-0.15, -0.1) is 24.7 Å². The van der Waals surface area contributed by atoms with E-state index in [9.17, 15) is 19.2 Å². The first-order valence-electron chi connectivity index (χ1n) is 20.6. The number of aromatic amines is 2. The number of terminal acetylenes is 2. The van der Waals surface area contributed by atoms with Crippen molar-refractivity contribution in [3.63, 3.8) is 0 Å². The zero-order chi connectivity index (χ0) is 44.0. The highest BCUT2D eigenvalue weighted by atomic mass is 16.5. The van der Waals surface area contributed by atoms with E-state index in [-0.39, 0.29) is 36.1 Å². The number of unbranched alkanes of at least 4 members (excludes halogenated alkanes) is 1. The predicted molar refractivity (Wildman–Crippen MR) is 233 cm³/mol. The lowest BCUT2D eigenvalue weighted by Gasteiger charge is -2.35. The van der Waals surface area contributed by atoms with Gasteiger partial charge in [-0.05, 0) is 73.2 Å². The summed E-state index contributed by atoms with van der Waals surface area (Å²) in [6.07, 6.45) is 15.1. The number of imidazole rings is 2. The molecule has 0 unspecified atom stereocenters. The van der Waals surface area contributed by atoms with Crippen LogP contribution in [0.4, 0.5) is 9.59 Å². The number of amides is 4. The lowest BCUT2D eigenvalue weighted by atomic mass is 9.75. The summed E-state index contributed by atoms with van der Waals surface area (Å²) in [5, 5.41) is 7.85. The van der Waals surface area contributed by atoms with Gasteiger partial charge in [0.2, 0.25) is 11.8 Å². The molecule has 0 saturated carbocycles. The Morgan fingerprint density at radius 1 is 0.887 bits per heavy atom. The minimum atomic E-state index is -0.893. The second kappa shape index (κ2) is 18.6. The van der Waals surface area contributed by atoms with Gasteiger partial charge in [0.15, 0.2) is 0 Å². The predicted octanol–water partition coefficient (Wildman–Crippen LogP) is 6.65. The standard InChI is InChI=1S/C47H50N8O7/c1-7-12-34(53-45(58)60-5)43(56)48-22-10-9-15-41-50-33-20-17-28(25-36(33)51-41)29-16-19-31-40(26-29)62-39-21-18-30(24-32(39)47(31,3)4)37-27-49-42(52-37)38-14-11-23-55(38)44(57)35(13-8-2)54-46(59)61-6/h1-2,16-21,24-27,34-35,38H,9-15,22-23H2,3-6H3,(H,48,56)(H,49,52)(H,50,51)(H,53,58)(H,54,59)/t34-,35-,38-/m0/s1. The number of carbonyl (C=O) groups is 4. The number of nitrogens with zero attached hydrogens (tertiary/aromatic N) is 3. The molecule has 5 N–H and O–H groups in total. The molecule has 15 heteroatoms. The molecule has 15 nitrogen and oxygen atoms in total. The van der Waals surface area contributed by atoms with Crippen LogP contribution < -0.4 is 20.7 Å². The van der Waals surface area contributed by atoms with Crippen molar-refractivity contribution in [3.05, 3.63) is 83.6 Å². The molecule has 0 aliphatic carbocycles. The number of hydrogen-bond acceptors (Lipinski definition) is 9. The van der Waals surface area contributed by atoms with Gasteiger partial charge >= 0.3 is 12.2 Å². The van der Waals surface area contributed by atoms with E-state index in [4.69, 9.17) is 32.3 Å². The third kappa shape index (κ3) is 9.07. The van der Waals surface area contributed by atoms with Gasteiger partial charge in [0.25, 0.3) is 0 Å². The molecule has 3 atom stereocenters. The van der Waals surface area contributed by atoms with E-state index in [1.54, 1.807) is 11.1 Å². The largest absolute Gasteiger partial charge is 0.457 e. The first kappa shape index (κ1) is 42.8. The Morgan fingerprint density at radius 2 is 1.60 bits per heavy atom. The molecule has 2 aromatic heterocycles. The monoisotopic (exact) mass is 838 g/mol. The smallest absolute Gasteiger partial charge is 0.407 e. The molecule has 3 aromatic carbocycles. The van der Waals surface area contributed by atoms with E-state index < -0.39 is 24.3 Å². The molecule has 0 bridgehead atoms. The maximum Gasteiger partial charge on any atom is 0.407 e. The molecule has 0 spiro atoms. The Bertz CT molecular complexity index is 2580. The third-order valence-corrected chi connectivity index (χ3v) is 11.5. The molecule has 2 aliphatic rings. The Kier molecular flexibility index (Phi) is 12.8. The Labute approximate surface area is 360 Å². The van der Waals surface area contributed by atoms with E-state index in [0.29, 0.717) is 31.8 Å². The molecule has 1 saturated heterocycles. The minimum absolute atomic E-state index is 0.0472. The highest BCUT2D eigenvalue weighted by Gasteiger charge is 2.37. The number of rotatable bonds is 14. The SMILES string of the molecule is C#CC[C@H](NC(=O)OC)C(=O)NCCCCc1nc2ccc(-c3ccc4c(c3)Oc3ccc(-c5cnc([C@@H]6CCCN6C(=O)[C@H](CC#C)NC(=O)OC)[nH]5)cc3C4(C)C)cc2[nH]1. The Hall–Kier alpha value is -7.26. The summed E-state index contributed by atoms with van der Waals surface area (Å²) in [5.74, 6) is 7.34. The zero-order valence-electron chi connectivity index (χ0n) is 35.2. The average molecular weight is 839 g/mol. The van der Waals surface area contributed by atoms with E-state index >= 15 is 0 Å². The molecule has 0 radical (unpaired) electrons. The van der Waals surface area contributed by atoms with E-state index in [2.05, 4.69) is 92.7 Å². The van der Waals surface area contributed by atoms with Crippen LogP contribution in [0, 0.1) is 24.7 Å². The van der Waals surface area contributed by atoms with Crippen LogP contribution in [-0.2, 0) is 30.9 Å². The molecule has 2 aliphatic heterocycles. The molecule has 4 heterocycles. The number of ether oxygens (including phenoxy) is 3. The van der Waals surface area contributed by atoms with E-state index in [1.165, 1.54) is 14.2 Å². The molecular formula is C47H50N8O7. The number of alkyl carbamates (subject to hydrolysis) is 2. The molecule has 7 rings (SSSR count). The summed E-state index contributed by atoms with van der Waals surface area (Å²) < 4.78 is 15.9. The first-order valence-corrected chi connectivity index (χ1v) is 20.6. The van der Waals surface area contributed by atoms with E-state index in [1.807, 2.05) is 18.2 Å².